The van der Waals surface area contributed by atoms with Crippen LogP contribution < -0.4 is 10.6 Å². The second-order valence-corrected chi connectivity index (χ2v) is 6.24. The van der Waals surface area contributed by atoms with E-state index < -0.39 is 0 Å². The molecule has 0 fully saturated rings. The third-order valence-corrected chi connectivity index (χ3v) is 4.20. The molecular formula is C17H15Cl2N5O. The first-order valence-corrected chi connectivity index (χ1v) is 8.20. The Bertz CT molecular complexity index is 910. The highest BCUT2D eigenvalue weighted by Crippen LogP contribution is 2.25. The molecule has 0 radical (unpaired) electrons. The number of nitrogens with zero attached hydrogens (tertiary/aromatic N) is 3. The maximum absolute atomic E-state index is 12.0. The number of rotatable bonds is 4. The second-order valence-electron chi connectivity index (χ2n) is 5.42. The zero-order chi connectivity index (χ0) is 17.8. The van der Waals surface area contributed by atoms with Gasteiger partial charge in [0, 0.05) is 49.0 Å². The van der Waals surface area contributed by atoms with Crippen LogP contribution in [0.2, 0.25) is 10.0 Å². The minimum absolute atomic E-state index is 0.342. The summed E-state index contributed by atoms with van der Waals surface area (Å²) in [6.45, 7) is 0.342. The first-order chi connectivity index (χ1) is 12.0. The van der Waals surface area contributed by atoms with Gasteiger partial charge in [0.1, 0.15) is 0 Å². The number of hydrogen-bond acceptors (Lipinski definition) is 3. The summed E-state index contributed by atoms with van der Waals surface area (Å²) in [5.41, 5.74) is 3.36. The molecule has 25 heavy (non-hydrogen) atoms. The number of pyridine rings is 1. The Hall–Kier alpha value is -2.57. The number of aryl methyl sites for hydroxylation is 1. The Morgan fingerprint density at radius 3 is 2.68 bits per heavy atom. The lowest BCUT2D eigenvalue weighted by atomic mass is 10.1. The van der Waals surface area contributed by atoms with Crippen LogP contribution in [-0.4, -0.2) is 20.8 Å². The van der Waals surface area contributed by atoms with Crippen LogP contribution in [-0.2, 0) is 13.6 Å². The van der Waals surface area contributed by atoms with Crippen molar-refractivity contribution in [3.63, 3.8) is 0 Å². The first-order valence-electron chi connectivity index (χ1n) is 7.44. The smallest absolute Gasteiger partial charge is 0.319 e. The molecule has 1 aromatic carbocycles. The molecule has 0 aliphatic rings. The number of nitrogens with one attached hydrogen (secondary N) is 2. The van der Waals surface area contributed by atoms with E-state index in [4.69, 9.17) is 23.2 Å². The number of anilines is 1. The maximum Gasteiger partial charge on any atom is 0.319 e. The van der Waals surface area contributed by atoms with Crippen molar-refractivity contribution in [3.05, 3.63) is 64.7 Å². The van der Waals surface area contributed by atoms with Gasteiger partial charge in [-0.1, -0.05) is 23.2 Å². The van der Waals surface area contributed by atoms with Gasteiger partial charge in [0.25, 0.3) is 0 Å². The summed E-state index contributed by atoms with van der Waals surface area (Å²) >= 11 is 11.8. The lowest BCUT2D eigenvalue weighted by Gasteiger charge is -2.09. The molecule has 2 N–H and O–H groups in total. The average molecular weight is 376 g/mol. The van der Waals surface area contributed by atoms with Crippen LogP contribution in [0.3, 0.4) is 0 Å². The molecule has 2 aromatic heterocycles. The summed E-state index contributed by atoms with van der Waals surface area (Å²) in [4.78, 5) is 16.2. The van der Waals surface area contributed by atoms with E-state index in [-0.39, 0.29) is 6.03 Å². The molecular weight excluding hydrogens is 361 g/mol. The molecule has 0 bridgehead atoms. The van der Waals surface area contributed by atoms with Crippen LogP contribution in [0.1, 0.15) is 5.56 Å². The summed E-state index contributed by atoms with van der Waals surface area (Å²) in [5, 5.41) is 10.4. The maximum atomic E-state index is 12.0. The number of aromatic nitrogens is 3. The molecule has 0 aliphatic heterocycles. The van der Waals surface area contributed by atoms with Crippen LogP contribution >= 0.6 is 23.2 Å². The van der Waals surface area contributed by atoms with E-state index in [1.165, 1.54) is 0 Å². The lowest BCUT2D eigenvalue weighted by Crippen LogP contribution is -2.28. The van der Waals surface area contributed by atoms with Gasteiger partial charge in [0.2, 0.25) is 0 Å². The fourth-order valence-corrected chi connectivity index (χ4v) is 2.54. The summed E-state index contributed by atoms with van der Waals surface area (Å²) in [7, 11) is 1.86. The Balaban J connectivity index is 1.61. The minimum atomic E-state index is -0.342. The molecule has 6 nitrogen and oxygen atoms in total. The largest absolute Gasteiger partial charge is 0.334 e. The third-order valence-electron chi connectivity index (χ3n) is 3.46. The van der Waals surface area contributed by atoms with Crippen LogP contribution in [0, 0.1) is 0 Å². The average Bonchev–Trinajstić information content (AvgIpc) is 3.03. The summed E-state index contributed by atoms with van der Waals surface area (Å²) in [6, 6.07) is 6.52. The van der Waals surface area contributed by atoms with Crippen molar-refractivity contribution in [3.8, 4) is 11.1 Å². The highest BCUT2D eigenvalue weighted by Gasteiger charge is 2.06. The van der Waals surface area contributed by atoms with Gasteiger partial charge >= 0.3 is 6.03 Å². The quantitative estimate of drug-likeness (QED) is 0.720. The van der Waals surface area contributed by atoms with E-state index in [1.54, 1.807) is 41.5 Å². The summed E-state index contributed by atoms with van der Waals surface area (Å²) in [6.07, 6.45) is 7.14. The van der Waals surface area contributed by atoms with Crippen molar-refractivity contribution in [2.45, 2.75) is 6.54 Å². The van der Waals surface area contributed by atoms with Gasteiger partial charge in [-0.25, -0.2) is 4.79 Å². The topological polar surface area (TPSA) is 71.8 Å². The van der Waals surface area contributed by atoms with Gasteiger partial charge in [-0.15, -0.1) is 0 Å². The van der Waals surface area contributed by atoms with Gasteiger partial charge in [-0.2, -0.15) is 5.10 Å². The molecule has 0 unspecified atom stereocenters. The van der Waals surface area contributed by atoms with Crippen LogP contribution in [0.4, 0.5) is 10.5 Å². The molecule has 0 aliphatic carbocycles. The van der Waals surface area contributed by atoms with Crippen molar-refractivity contribution >= 4 is 34.9 Å². The van der Waals surface area contributed by atoms with Crippen molar-refractivity contribution < 1.29 is 4.79 Å². The molecule has 0 saturated carbocycles. The Labute approximate surface area is 154 Å². The van der Waals surface area contributed by atoms with Crippen LogP contribution in [0.15, 0.2) is 49.1 Å². The molecule has 3 aromatic rings. The number of carbonyl (C=O) groups excluding carboxylic acids is 1. The standard InChI is InChI=1S/C17H15Cl2N5O/c1-24-10-13(9-22-24)12-4-11(6-20-8-12)7-21-17(25)23-14-2-3-15(18)16(19)5-14/h2-6,8-10H,7H2,1H3,(H2,21,23,25). The zero-order valence-electron chi connectivity index (χ0n) is 13.3. The number of benzene rings is 1. The molecule has 0 saturated heterocycles. The number of hydrogen-bond donors (Lipinski definition) is 2. The predicted octanol–water partition coefficient (Wildman–Crippen LogP) is 4.11. The monoisotopic (exact) mass is 375 g/mol. The highest BCUT2D eigenvalue weighted by molar-refractivity contribution is 6.42. The van der Waals surface area contributed by atoms with Gasteiger partial charge in [-0.05, 0) is 29.8 Å². The molecule has 8 heteroatoms. The number of carbonyl (C=O) groups is 1. The predicted molar refractivity (Wildman–Crippen MR) is 98.8 cm³/mol. The Kier molecular flexibility index (Phi) is 5.21. The molecule has 0 spiro atoms. The van der Waals surface area contributed by atoms with Crippen molar-refractivity contribution in [2.75, 3.05) is 5.32 Å². The van der Waals surface area contributed by atoms with E-state index in [0.717, 1.165) is 16.7 Å². The van der Waals surface area contributed by atoms with E-state index in [1.807, 2.05) is 19.3 Å². The van der Waals surface area contributed by atoms with E-state index in [2.05, 4.69) is 20.7 Å². The van der Waals surface area contributed by atoms with Gasteiger partial charge in [0.05, 0.1) is 16.2 Å². The normalized spacial score (nSPS) is 10.5. The number of urea groups is 1. The Morgan fingerprint density at radius 1 is 1.12 bits per heavy atom. The molecule has 0 atom stereocenters. The third kappa shape index (κ3) is 4.49. The number of halogens is 2. The van der Waals surface area contributed by atoms with Gasteiger partial charge < -0.3 is 10.6 Å². The zero-order valence-corrected chi connectivity index (χ0v) is 14.8. The van der Waals surface area contributed by atoms with Crippen molar-refractivity contribution in [1.29, 1.82) is 0 Å². The molecule has 3 rings (SSSR count). The Morgan fingerprint density at radius 2 is 1.96 bits per heavy atom. The first kappa shape index (κ1) is 17.3. The lowest BCUT2D eigenvalue weighted by molar-refractivity contribution is 0.251. The fraction of sp³-hybridized carbons (Fsp3) is 0.118. The molecule has 2 amide bonds. The molecule has 2 heterocycles. The second kappa shape index (κ2) is 7.55. The van der Waals surface area contributed by atoms with Crippen LogP contribution in [0.25, 0.3) is 11.1 Å². The van der Waals surface area contributed by atoms with E-state index in [9.17, 15) is 4.79 Å². The van der Waals surface area contributed by atoms with Crippen molar-refractivity contribution in [2.24, 2.45) is 7.05 Å². The minimum Gasteiger partial charge on any atom is -0.334 e. The molecule has 128 valence electrons. The van der Waals surface area contributed by atoms with Crippen molar-refractivity contribution in [1.82, 2.24) is 20.1 Å². The summed E-state index contributed by atoms with van der Waals surface area (Å²) < 4.78 is 1.73. The summed E-state index contributed by atoms with van der Waals surface area (Å²) in [5.74, 6) is 0. The van der Waals surface area contributed by atoms with Crippen LogP contribution in [0.5, 0.6) is 0 Å². The fourth-order valence-electron chi connectivity index (χ4n) is 2.24. The SMILES string of the molecule is Cn1cc(-c2cncc(CNC(=O)Nc3ccc(Cl)c(Cl)c3)c2)cn1. The van der Waals surface area contributed by atoms with E-state index >= 15 is 0 Å². The van der Waals surface area contributed by atoms with E-state index in [0.29, 0.717) is 22.3 Å². The number of amides is 2. The van der Waals surface area contributed by atoms with Gasteiger partial charge in [0.15, 0.2) is 0 Å². The highest BCUT2D eigenvalue weighted by atomic mass is 35.5. The van der Waals surface area contributed by atoms with Gasteiger partial charge in [-0.3, -0.25) is 9.67 Å².